The number of nitrogens with zero attached hydrogens (tertiary/aromatic N) is 3. The lowest BCUT2D eigenvalue weighted by atomic mass is 10.0. The standard InChI is InChI=1S/C18H24N4O2/c1-2-7-19-16(3-1)13-22-12-14-4-10-24-17(18(14)21-22)11-20-15-5-8-23-9-6-15/h1-3,7,12,15,17,20H,4-6,8-11,13H2. The van der Waals surface area contributed by atoms with Crippen LogP contribution in [-0.2, 0) is 22.4 Å². The van der Waals surface area contributed by atoms with Crippen molar-refractivity contribution in [3.8, 4) is 0 Å². The Hall–Kier alpha value is -1.76. The molecule has 4 heterocycles. The molecule has 1 fully saturated rings. The van der Waals surface area contributed by atoms with Gasteiger partial charge in [-0.25, -0.2) is 0 Å². The maximum absolute atomic E-state index is 5.97. The second-order valence-electron chi connectivity index (χ2n) is 6.46. The molecule has 4 rings (SSSR count). The molecule has 0 aliphatic carbocycles. The van der Waals surface area contributed by atoms with E-state index in [9.17, 15) is 0 Å². The molecule has 128 valence electrons. The average molecular weight is 328 g/mol. The van der Waals surface area contributed by atoms with Crippen LogP contribution in [0.1, 0.15) is 35.9 Å². The number of hydrogen-bond donors (Lipinski definition) is 1. The average Bonchev–Trinajstić information content (AvgIpc) is 3.04. The second-order valence-corrected chi connectivity index (χ2v) is 6.46. The molecule has 24 heavy (non-hydrogen) atoms. The van der Waals surface area contributed by atoms with Gasteiger partial charge in [0.25, 0.3) is 0 Å². The monoisotopic (exact) mass is 328 g/mol. The lowest BCUT2D eigenvalue weighted by Gasteiger charge is -2.27. The molecule has 1 unspecified atom stereocenters. The highest BCUT2D eigenvalue weighted by atomic mass is 16.5. The van der Waals surface area contributed by atoms with Crippen molar-refractivity contribution in [1.82, 2.24) is 20.1 Å². The summed E-state index contributed by atoms with van der Waals surface area (Å²) in [5.74, 6) is 0. The smallest absolute Gasteiger partial charge is 0.114 e. The third-order valence-electron chi connectivity index (χ3n) is 4.73. The van der Waals surface area contributed by atoms with Crippen LogP contribution < -0.4 is 5.32 Å². The normalized spacial score (nSPS) is 21.6. The molecule has 0 radical (unpaired) electrons. The Morgan fingerprint density at radius 3 is 2.96 bits per heavy atom. The number of aromatic nitrogens is 3. The van der Waals surface area contributed by atoms with E-state index in [1.54, 1.807) is 0 Å². The predicted octanol–water partition coefficient (Wildman–Crippen LogP) is 1.71. The quantitative estimate of drug-likeness (QED) is 0.905. The van der Waals surface area contributed by atoms with Crippen LogP contribution in [0.5, 0.6) is 0 Å². The van der Waals surface area contributed by atoms with Crippen LogP contribution in [0.25, 0.3) is 0 Å². The molecule has 2 aromatic heterocycles. The lowest BCUT2D eigenvalue weighted by Crippen LogP contribution is -2.38. The van der Waals surface area contributed by atoms with Crippen LogP contribution in [0.4, 0.5) is 0 Å². The molecule has 2 aliphatic rings. The molecule has 2 aliphatic heterocycles. The summed E-state index contributed by atoms with van der Waals surface area (Å²) < 4.78 is 13.4. The fourth-order valence-corrected chi connectivity index (χ4v) is 3.40. The highest BCUT2D eigenvalue weighted by Gasteiger charge is 2.26. The molecule has 0 bridgehead atoms. The predicted molar refractivity (Wildman–Crippen MR) is 89.8 cm³/mol. The molecule has 0 saturated carbocycles. The van der Waals surface area contributed by atoms with E-state index < -0.39 is 0 Å². The van der Waals surface area contributed by atoms with Gasteiger partial charge in [0, 0.05) is 38.2 Å². The zero-order valence-corrected chi connectivity index (χ0v) is 13.9. The second kappa shape index (κ2) is 7.42. The molecule has 2 aromatic rings. The Balaban J connectivity index is 1.42. The van der Waals surface area contributed by atoms with E-state index in [0.717, 1.165) is 57.0 Å². The first-order valence-electron chi connectivity index (χ1n) is 8.77. The number of rotatable bonds is 5. The van der Waals surface area contributed by atoms with E-state index in [1.807, 2.05) is 29.1 Å². The van der Waals surface area contributed by atoms with Crippen molar-refractivity contribution in [2.75, 3.05) is 26.4 Å². The molecule has 6 nitrogen and oxygen atoms in total. The Bertz CT molecular complexity index is 652. The number of hydrogen-bond acceptors (Lipinski definition) is 5. The molecule has 0 spiro atoms. The summed E-state index contributed by atoms with van der Waals surface area (Å²) in [7, 11) is 0. The van der Waals surface area contributed by atoms with Crippen molar-refractivity contribution < 1.29 is 9.47 Å². The topological polar surface area (TPSA) is 61.2 Å². The van der Waals surface area contributed by atoms with Crippen LogP contribution in [-0.4, -0.2) is 47.2 Å². The van der Waals surface area contributed by atoms with Crippen LogP contribution in [0.2, 0.25) is 0 Å². The molecule has 0 amide bonds. The summed E-state index contributed by atoms with van der Waals surface area (Å²) in [5, 5.41) is 8.40. The molecule has 6 heteroatoms. The Kier molecular flexibility index (Phi) is 4.87. The summed E-state index contributed by atoms with van der Waals surface area (Å²) >= 11 is 0. The van der Waals surface area contributed by atoms with Crippen molar-refractivity contribution in [2.45, 2.75) is 38.0 Å². The number of pyridine rings is 1. The number of ether oxygens (including phenoxy) is 2. The van der Waals surface area contributed by atoms with Crippen LogP contribution in [0.15, 0.2) is 30.6 Å². The third kappa shape index (κ3) is 3.66. The summed E-state index contributed by atoms with van der Waals surface area (Å²) in [6, 6.07) is 6.50. The minimum atomic E-state index is 0.0431. The van der Waals surface area contributed by atoms with Gasteiger partial charge in [-0.1, -0.05) is 6.07 Å². The van der Waals surface area contributed by atoms with Crippen LogP contribution >= 0.6 is 0 Å². The fourth-order valence-electron chi connectivity index (χ4n) is 3.40. The van der Waals surface area contributed by atoms with Crippen LogP contribution in [0.3, 0.4) is 0 Å². The first kappa shape index (κ1) is 15.7. The molecule has 0 aromatic carbocycles. The molecular weight excluding hydrogens is 304 g/mol. The minimum absolute atomic E-state index is 0.0431. The molecular formula is C18H24N4O2. The van der Waals surface area contributed by atoms with E-state index in [-0.39, 0.29) is 6.10 Å². The minimum Gasteiger partial charge on any atom is -0.381 e. The number of fused-ring (bicyclic) bond motifs is 1. The van der Waals surface area contributed by atoms with Crippen molar-refractivity contribution in [3.05, 3.63) is 47.5 Å². The van der Waals surface area contributed by atoms with E-state index in [4.69, 9.17) is 14.6 Å². The van der Waals surface area contributed by atoms with Gasteiger partial charge in [0.15, 0.2) is 0 Å². The van der Waals surface area contributed by atoms with Gasteiger partial charge < -0.3 is 14.8 Å². The Morgan fingerprint density at radius 2 is 2.12 bits per heavy atom. The van der Waals surface area contributed by atoms with Gasteiger partial charge in [0.1, 0.15) is 6.10 Å². The van der Waals surface area contributed by atoms with Gasteiger partial charge in [-0.2, -0.15) is 5.10 Å². The van der Waals surface area contributed by atoms with Crippen molar-refractivity contribution in [3.63, 3.8) is 0 Å². The summed E-state index contributed by atoms with van der Waals surface area (Å²) in [4.78, 5) is 4.38. The largest absolute Gasteiger partial charge is 0.381 e. The molecule has 1 atom stereocenters. The fraction of sp³-hybridized carbons (Fsp3) is 0.556. The highest BCUT2D eigenvalue weighted by molar-refractivity contribution is 5.23. The SMILES string of the molecule is c1ccc(Cn2cc3c(n2)C(CNC2CCOCC2)OCC3)nc1. The zero-order chi connectivity index (χ0) is 16.2. The van der Waals surface area contributed by atoms with Crippen LogP contribution in [0, 0.1) is 0 Å². The van der Waals surface area contributed by atoms with Crippen molar-refractivity contribution in [1.29, 1.82) is 0 Å². The van der Waals surface area contributed by atoms with Crippen molar-refractivity contribution >= 4 is 0 Å². The van der Waals surface area contributed by atoms with E-state index in [1.165, 1.54) is 5.56 Å². The highest BCUT2D eigenvalue weighted by Crippen LogP contribution is 2.25. The van der Waals surface area contributed by atoms with Gasteiger partial charge in [-0.05, 0) is 37.0 Å². The maximum atomic E-state index is 5.97. The summed E-state index contributed by atoms with van der Waals surface area (Å²) in [6.45, 7) is 3.99. The summed E-state index contributed by atoms with van der Waals surface area (Å²) in [5.41, 5.74) is 3.41. The van der Waals surface area contributed by atoms with E-state index in [2.05, 4.69) is 16.5 Å². The van der Waals surface area contributed by atoms with Gasteiger partial charge in [0.05, 0.1) is 24.5 Å². The summed E-state index contributed by atoms with van der Waals surface area (Å²) in [6.07, 6.45) is 7.10. The van der Waals surface area contributed by atoms with Gasteiger partial charge >= 0.3 is 0 Å². The first-order valence-corrected chi connectivity index (χ1v) is 8.77. The third-order valence-corrected chi connectivity index (χ3v) is 4.73. The van der Waals surface area contributed by atoms with E-state index in [0.29, 0.717) is 12.6 Å². The zero-order valence-electron chi connectivity index (χ0n) is 13.9. The lowest BCUT2D eigenvalue weighted by molar-refractivity contribution is 0.0297. The molecule has 1 saturated heterocycles. The first-order chi connectivity index (χ1) is 11.9. The Labute approximate surface area is 142 Å². The molecule has 1 N–H and O–H groups in total. The van der Waals surface area contributed by atoms with Gasteiger partial charge in [-0.3, -0.25) is 9.67 Å². The van der Waals surface area contributed by atoms with E-state index >= 15 is 0 Å². The maximum Gasteiger partial charge on any atom is 0.114 e. The number of nitrogens with one attached hydrogen (secondary N) is 1. The van der Waals surface area contributed by atoms with Gasteiger partial charge in [-0.15, -0.1) is 0 Å². The van der Waals surface area contributed by atoms with Gasteiger partial charge in [0.2, 0.25) is 0 Å². The Morgan fingerprint density at radius 1 is 1.21 bits per heavy atom. The van der Waals surface area contributed by atoms with Crippen molar-refractivity contribution in [2.24, 2.45) is 0 Å².